The van der Waals surface area contributed by atoms with Crippen LogP contribution in [0.3, 0.4) is 0 Å². The number of carbonyl (C=O) groups excluding carboxylic acids is 1. The molecule has 7 nitrogen and oxygen atoms in total. The zero-order chi connectivity index (χ0) is 17.9. The molecule has 134 valence electrons. The van der Waals surface area contributed by atoms with Gasteiger partial charge in [0, 0.05) is 36.4 Å². The van der Waals surface area contributed by atoms with Gasteiger partial charge in [0.2, 0.25) is 0 Å². The van der Waals surface area contributed by atoms with Crippen molar-refractivity contribution in [1.29, 1.82) is 0 Å². The summed E-state index contributed by atoms with van der Waals surface area (Å²) in [5.74, 6) is 0.783. The van der Waals surface area contributed by atoms with Crippen LogP contribution in [0.4, 0.5) is 5.82 Å². The van der Waals surface area contributed by atoms with Crippen LogP contribution in [0, 0.1) is 0 Å². The molecule has 4 heterocycles. The van der Waals surface area contributed by atoms with E-state index in [0.29, 0.717) is 5.69 Å². The van der Waals surface area contributed by atoms with Crippen LogP contribution in [0.15, 0.2) is 31.0 Å². The molecule has 0 saturated carbocycles. The average molecular weight is 368 g/mol. The molecule has 1 amide bonds. The second-order valence-corrected chi connectivity index (χ2v) is 7.45. The van der Waals surface area contributed by atoms with Crippen molar-refractivity contribution < 1.29 is 4.79 Å². The molecule has 3 aromatic heterocycles. The summed E-state index contributed by atoms with van der Waals surface area (Å²) in [5.41, 5.74) is 0.347. The Hall–Kier alpha value is -2.61. The minimum absolute atomic E-state index is 0.0625. The average Bonchev–Trinajstić information content (AvgIpc) is 3.12. The maximum atomic E-state index is 12.4. The van der Waals surface area contributed by atoms with Crippen LogP contribution in [0.5, 0.6) is 0 Å². The van der Waals surface area contributed by atoms with Crippen molar-refractivity contribution in [3.05, 3.63) is 41.6 Å². The van der Waals surface area contributed by atoms with Crippen LogP contribution in [0.2, 0.25) is 0 Å². The van der Waals surface area contributed by atoms with Crippen LogP contribution in [-0.4, -0.2) is 45.0 Å². The summed E-state index contributed by atoms with van der Waals surface area (Å²) in [6.07, 6.45) is 9.16. The minimum atomic E-state index is -0.179. The molecule has 26 heavy (non-hydrogen) atoms. The van der Waals surface area contributed by atoms with Crippen LogP contribution >= 0.6 is 11.3 Å². The standard InChI is InChI=1S/C18H20N6OS/c1-2-13-8-14-16(21-11-22-18(14)26-13)24-7-3-4-12(10-24)23-17(25)15-9-19-5-6-20-15/h5-6,8-9,11-12H,2-4,7,10H2,1H3,(H,23,25). The largest absolute Gasteiger partial charge is 0.354 e. The molecule has 1 saturated heterocycles. The fraction of sp³-hybridized carbons (Fsp3) is 0.389. The second-order valence-electron chi connectivity index (χ2n) is 6.33. The summed E-state index contributed by atoms with van der Waals surface area (Å²) in [6, 6.07) is 2.25. The van der Waals surface area contributed by atoms with Gasteiger partial charge in [-0.2, -0.15) is 0 Å². The van der Waals surface area contributed by atoms with E-state index in [0.717, 1.165) is 48.4 Å². The van der Waals surface area contributed by atoms with Gasteiger partial charge in [-0.1, -0.05) is 6.92 Å². The molecule has 1 atom stereocenters. The number of thiophene rings is 1. The van der Waals surface area contributed by atoms with Gasteiger partial charge in [-0.25, -0.2) is 15.0 Å². The molecule has 1 aliphatic rings. The van der Waals surface area contributed by atoms with E-state index in [-0.39, 0.29) is 11.9 Å². The number of hydrogen-bond donors (Lipinski definition) is 1. The van der Waals surface area contributed by atoms with Gasteiger partial charge in [0.05, 0.1) is 11.6 Å². The highest BCUT2D eigenvalue weighted by atomic mass is 32.1. The van der Waals surface area contributed by atoms with Crippen molar-refractivity contribution in [2.24, 2.45) is 0 Å². The molecule has 0 aromatic carbocycles. The monoisotopic (exact) mass is 368 g/mol. The lowest BCUT2D eigenvalue weighted by molar-refractivity contribution is 0.0927. The predicted octanol–water partition coefficient (Wildman–Crippen LogP) is 2.44. The zero-order valence-electron chi connectivity index (χ0n) is 14.6. The topological polar surface area (TPSA) is 83.9 Å². The molecule has 1 aliphatic heterocycles. The van der Waals surface area contributed by atoms with Crippen molar-refractivity contribution >= 4 is 33.3 Å². The predicted molar refractivity (Wildman–Crippen MR) is 102 cm³/mol. The van der Waals surface area contributed by atoms with Gasteiger partial charge < -0.3 is 10.2 Å². The number of aromatic nitrogens is 4. The summed E-state index contributed by atoms with van der Waals surface area (Å²) in [4.78, 5) is 33.9. The molecule has 0 spiro atoms. The van der Waals surface area contributed by atoms with Gasteiger partial charge in [0.1, 0.15) is 22.7 Å². The molecular weight excluding hydrogens is 348 g/mol. The molecule has 0 bridgehead atoms. The van der Waals surface area contributed by atoms with Crippen LogP contribution < -0.4 is 10.2 Å². The first-order valence-electron chi connectivity index (χ1n) is 8.80. The van der Waals surface area contributed by atoms with Gasteiger partial charge in [-0.15, -0.1) is 11.3 Å². The maximum Gasteiger partial charge on any atom is 0.271 e. The van der Waals surface area contributed by atoms with E-state index < -0.39 is 0 Å². The lowest BCUT2D eigenvalue weighted by Crippen LogP contribution is -2.48. The molecule has 1 N–H and O–H groups in total. The van der Waals surface area contributed by atoms with E-state index in [2.05, 4.69) is 43.1 Å². The first-order chi connectivity index (χ1) is 12.7. The molecule has 1 fully saturated rings. The van der Waals surface area contributed by atoms with E-state index >= 15 is 0 Å². The Morgan fingerprint density at radius 3 is 3.08 bits per heavy atom. The van der Waals surface area contributed by atoms with Gasteiger partial charge in [0.15, 0.2) is 0 Å². The Morgan fingerprint density at radius 2 is 2.27 bits per heavy atom. The third-order valence-electron chi connectivity index (χ3n) is 4.56. The van der Waals surface area contributed by atoms with Gasteiger partial charge >= 0.3 is 0 Å². The van der Waals surface area contributed by atoms with E-state index in [1.807, 2.05) is 0 Å². The number of rotatable bonds is 4. The number of nitrogens with one attached hydrogen (secondary N) is 1. The van der Waals surface area contributed by atoms with E-state index in [1.54, 1.807) is 23.9 Å². The number of piperidine rings is 1. The van der Waals surface area contributed by atoms with Crippen molar-refractivity contribution in [2.45, 2.75) is 32.2 Å². The van der Waals surface area contributed by atoms with E-state index in [9.17, 15) is 4.79 Å². The van der Waals surface area contributed by atoms with Crippen LogP contribution in [0.1, 0.15) is 35.1 Å². The van der Waals surface area contributed by atoms with E-state index in [4.69, 9.17) is 0 Å². The fourth-order valence-electron chi connectivity index (χ4n) is 3.28. The summed E-state index contributed by atoms with van der Waals surface area (Å²) in [5, 5.41) is 4.18. The van der Waals surface area contributed by atoms with Crippen molar-refractivity contribution in [3.63, 3.8) is 0 Å². The number of anilines is 1. The molecular formula is C18H20N6OS. The first kappa shape index (κ1) is 16.8. The number of nitrogens with zero attached hydrogens (tertiary/aromatic N) is 5. The molecule has 0 radical (unpaired) electrons. The smallest absolute Gasteiger partial charge is 0.271 e. The normalized spacial score (nSPS) is 17.4. The Balaban J connectivity index is 1.52. The number of amides is 1. The molecule has 4 rings (SSSR count). The van der Waals surface area contributed by atoms with Crippen LogP contribution in [-0.2, 0) is 6.42 Å². The number of hydrogen-bond acceptors (Lipinski definition) is 7. The van der Waals surface area contributed by atoms with Crippen molar-refractivity contribution in [2.75, 3.05) is 18.0 Å². The van der Waals surface area contributed by atoms with Crippen LogP contribution in [0.25, 0.3) is 10.2 Å². The third kappa shape index (κ3) is 3.37. The maximum absolute atomic E-state index is 12.4. The van der Waals surface area contributed by atoms with E-state index in [1.165, 1.54) is 17.3 Å². The highest BCUT2D eigenvalue weighted by Gasteiger charge is 2.25. The summed E-state index contributed by atoms with van der Waals surface area (Å²) in [6.45, 7) is 3.81. The fourth-order valence-corrected chi connectivity index (χ4v) is 4.21. The molecule has 8 heteroatoms. The lowest BCUT2D eigenvalue weighted by Gasteiger charge is -2.34. The highest BCUT2D eigenvalue weighted by molar-refractivity contribution is 7.18. The minimum Gasteiger partial charge on any atom is -0.354 e. The number of aryl methyl sites for hydroxylation is 1. The molecule has 0 aliphatic carbocycles. The Bertz CT molecular complexity index is 912. The van der Waals surface area contributed by atoms with Gasteiger partial charge in [-0.05, 0) is 25.3 Å². The number of carbonyl (C=O) groups is 1. The van der Waals surface area contributed by atoms with Crippen molar-refractivity contribution in [3.8, 4) is 0 Å². The quantitative estimate of drug-likeness (QED) is 0.761. The van der Waals surface area contributed by atoms with Crippen molar-refractivity contribution in [1.82, 2.24) is 25.3 Å². The Morgan fingerprint density at radius 1 is 1.35 bits per heavy atom. The first-order valence-corrected chi connectivity index (χ1v) is 9.61. The second kappa shape index (κ2) is 7.33. The summed E-state index contributed by atoms with van der Waals surface area (Å²) < 4.78 is 0. The zero-order valence-corrected chi connectivity index (χ0v) is 15.4. The summed E-state index contributed by atoms with van der Waals surface area (Å²) in [7, 11) is 0. The van der Waals surface area contributed by atoms with Gasteiger partial charge in [-0.3, -0.25) is 9.78 Å². The number of fused-ring (bicyclic) bond motifs is 1. The third-order valence-corrected chi connectivity index (χ3v) is 5.75. The molecule has 1 unspecified atom stereocenters. The summed E-state index contributed by atoms with van der Waals surface area (Å²) >= 11 is 1.72. The lowest BCUT2D eigenvalue weighted by atomic mass is 10.1. The molecule has 3 aromatic rings. The SMILES string of the molecule is CCc1cc2c(N3CCCC(NC(=O)c4cnccn4)C3)ncnc2s1. The van der Waals surface area contributed by atoms with Gasteiger partial charge in [0.25, 0.3) is 5.91 Å². The highest BCUT2D eigenvalue weighted by Crippen LogP contribution is 2.31. The Kier molecular flexibility index (Phi) is 4.75. The Labute approximate surface area is 155 Å².